The van der Waals surface area contributed by atoms with Crippen molar-refractivity contribution >= 4 is 27.3 Å². The molecule has 2 N–H and O–H groups in total. The number of carbonyl (C=O) groups excluding carboxylic acids is 1. The fourth-order valence-corrected chi connectivity index (χ4v) is 3.88. The Bertz CT molecular complexity index is 762. The zero-order valence-corrected chi connectivity index (χ0v) is 19.0. The van der Waals surface area contributed by atoms with Crippen molar-refractivity contribution in [2.75, 3.05) is 29.9 Å². The summed E-state index contributed by atoms with van der Waals surface area (Å²) < 4.78 is 30.9. The van der Waals surface area contributed by atoms with Gasteiger partial charge in [-0.3, -0.25) is 9.52 Å². The van der Waals surface area contributed by atoms with Gasteiger partial charge in [0.05, 0.1) is 17.0 Å². The molecule has 1 saturated heterocycles. The summed E-state index contributed by atoms with van der Waals surface area (Å²) in [7, 11) is -3.63. The number of rotatable bonds is 8. The normalized spacial score (nSPS) is 20.4. The molecule has 1 aromatic carbocycles. The monoisotopic (exact) mass is 425 g/mol. The molecule has 0 radical (unpaired) electrons. The minimum Gasteiger partial charge on any atom is -0.385 e. The van der Waals surface area contributed by atoms with Gasteiger partial charge in [0.2, 0.25) is 15.9 Å². The summed E-state index contributed by atoms with van der Waals surface area (Å²) >= 11 is 0. The molecule has 2 rings (SSSR count). The topological polar surface area (TPSA) is 87.7 Å². The average molecular weight is 426 g/mol. The van der Waals surface area contributed by atoms with Crippen molar-refractivity contribution in [3.05, 3.63) is 24.3 Å². The van der Waals surface area contributed by atoms with E-state index >= 15 is 0 Å². The van der Waals surface area contributed by atoms with E-state index in [0.717, 1.165) is 31.7 Å². The summed E-state index contributed by atoms with van der Waals surface area (Å²) in [5.74, 6) is -0.446. The highest BCUT2D eigenvalue weighted by Gasteiger charge is 2.30. The van der Waals surface area contributed by atoms with Crippen molar-refractivity contribution in [2.45, 2.75) is 70.8 Å². The third kappa shape index (κ3) is 7.19. The molecule has 0 aromatic heterocycles. The lowest BCUT2D eigenvalue weighted by Crippen LogP contribution is -2.45. The van der Waals surface area contributed by atoms with Gasteiger partial charge < -0.3 is 15.0 Å². The second kappa shape index (κ2) is 9.80. The van der Waals surface area contributed by atoms with E-state index in [1.165, 1.54) is 5.69 Å². The summed E-state index contributed by atoms with van der Waals surface area (Å²) in [5, 5.41) is 3.35. The van der Waals surface area contributed by atoms with E-state index in [-0.39, 0.29) is 18.6 Å². The quantitative estimate of drug-likeness (QED) is 0.622. The Labute approximate surface area is 175 Å². The molecular weight excluding hydrogens is 390 g/mol. The van der Waals surface area contributed by atoms with Gasteiger partial charge in [-0.2, -0.15) is 0 Å². The second-order valence-electron chi connectivity index (χ2n) is 8.73. The molecular formula is C21H35N3O4S. The Morgan fingerprint density at radius 3 is 2.24 bits per heavy atom. The summed E-state index contributed by atoms with van der Waals surface area (Å²) in [6.45, 7) is 11.4. The lowest BCUT2D eigenvalue weighted by atomic mass is 10.2. The van der Waals surface area contributed by atoms with Gasteiger partial charge in [0.1, 0.15) is 0 Å². The van der Waals surface area contributed by atoms with Gasteiger partial charge in [0, 0.05) is 37.4 Å². The highest BCUT2D eigenvalue weighted by atomic mass is 32.2. The van der Waals surface area contributed by atoms with E-state index in [1.54, 1.807) is 20.8 Å². The number of anilines is 2. The Morgan fingerprint density at radius 2 is 1.69 bits per heavy atom. The smallest absolute Gasteiger partial charge is 0.239 e. The van der Waals surface area contributed by atoms with Crippen LogP contribution < -0.4 is 14.9 Å². The molecule has 1 fully saturated rings. The van der Waals surface area contributed by atoms with Gasteiger partial charge in [-0.1, -0.05) is 0 Å². The zero-order valence-electron chi connectivity index (χ0n) is 18.2. The summed E-state index contributed by atoms with van der Waals surface area (Å²) in [6, 6.07) is 8.33. The minimum atomic E-state index is -3.63. The summed E-state index contributed by atoms with van der Waals surface area (Å²) in [5.41, 5.74) is 2.22. The average Bonchev–Trinajstić information content (AvgIpc) is 2.59. The number of hydrogen-bond donors (Lipinski definition) is 2. The molecule has 1 aromatic rings. The van der Waals surface area contributed by atoms with E-state index in [9.17, 15) is 13.2 Å². The molecule has 0 aliphatic carbocycles. The van der Waals surface area contributed by atoms with Crippen molar-refractivity contribution in [3.63, 3.8) is 0 Å². The molecule has 29 heavy (non-hydrogen) atoms. The molecule has 0 saturated carbocycles. The van der Waals surface area contributed by atoms with E-state index in [4.69, 9.17) is 4.74 Å². The number of carbonyl (C=O) groups is 1. The van der Waals surface area contributed by atoms with Crippen LogP contribution in [-0.4, -0.2) is 50.9 Å². The number of benzene rings is 1. The van der Waals surface area contributed by atoms with Gasteiger partial charge in [0.15, 0.2) is 0 Å². The van der Waals surface area contributed by atoms with Gasteiger partial charge in [-0.05, 0) is 71.7 Å². The molecule has 0 unspecified atom stereocenters. The van der Waals surface area contributed by atoms with Gasteiger partial charge >= 0.3 is 0 Å². The maximum atomic E-state index is 12.0. The molecule has 1 heterocycles. The Balaban J connectivity index is 1.70. The number of nitrogens with one attached hydrogen (secondary N) is 2. The van der Waals surface area contributed by atoms with Crippen molar-refractivity contribution in [3.8, 4) is 0 Å². The first kappa shape index (κ1) is 23.5. The van der Waals surface area contributed by atoms with Crippen LogP contribution in [0.2, 0.25) is 0 Å². The second-order valence-corrected chi connectivity index (χ2v) is 11.2. The minimum absolute atomic E-state index is 0.198. The maximum absolute atomic E-state index is 12.0. The molecule has 2 atom stereocenters. The Morgan fingerprint density at radius 1 is 1.10 bits per heavy atom. The first-order valence-corrected chi connectivity index (χ1v) is 11.8. The molecule has 1 amide bonds. The number of hydrogen-bond acceptors (Lipinski definition) is 6. The van der Waals surface area contributed by atoms with Crippen molar-refractivity contribution in [1.29, 1.82) is 0 Å². The molecule has 8 heteroatoms. The number of unbranched alkanes of at least 4 members (excludes halogenated alkanes) is 1. The number of sulfonamides is 1. The first-order chi connectivity index (χ1) is 13.5. The van der Waals surface area contributed by atoms with Crippen LogP contribution in [0.15, 0.2) is 24.3 Å². The molecule has 164 valence electrons. The van der Waals surface area contributed by atoms with Crippen molar-refractivity contribution in [1.82, 2.24) is 4.72 Å². The van der Waals surface area contributed by atoms with Gasteiger partial charge in [-0.15, -0.1) is 0 Å². The zero-order chi connectivity index (χ0) is 21.7. The fourth-order valence-electron chi connectivity index (χ4n) is 3.18. The molecule has 7 nitrogen and oxygen atoms in total. The van der Waals surface area contributed by atoms with E-state index in [2.05, 4.69) is 53.1 Å². The fraction of sp³-hybridized carbons (Fsp3) is 0.667. The molecule has 1 aliphatic heterocycles. The number of ether oxygens (including phenoxy) is 1. The summed E-state index contributed by atoms with van der Waals surface area (Å²) in [4.78, 5) is 14.2. The van der Waals surface area contributed by atoms with Crippen LogP contribution in [0.5, 0.6) is 0 Å². The third-order valence-corrected chi connectivity index (χ3v) is 6.97. The van der Waals surface area contributed by atoms with E-state index < -0.39 is 20.7 Å². The van der Waals surface area contributed by atoms with Crippen LogP contribution in [-0.2, 0) is 19.6 Å². The van der Waals surface area contributed by atoms with E-state index in [0.29, 0.717) is 6.42 Å². The van der Waals surface area contributed by atoms with Crippen LogP contribution in [0.1, 0.15) is 53.9 Å². The van der Waals surface area contributed by atoms with Crippen molar-refractivity contribution in [2.24, 2.45) is 0 Å². The first-order valence-electron chi connectivity index (χ1n) is 10.3. The van der Waals surface area contributed by atoms with Crippen molar-refractivity contribution < 1.29 is 17.9 Å². The maximum Gasteiger partial charge on any atom is 0.239 e. The Kier molecular flexibility index (Phi) is 7.94. The molecule has 0 bridgehead atoms. The lowest BCUT2D eigenvalue weighted by Gasteiger charge is -2.36. The number of nitrogens with zero attached hydrogens (tertiary/aromatic N) is 1. The Hall–Kier alpha value is -1.80. The van der Waals surface area contributed by atoms with Crippen LogP contribution in [0.3, 0.4) is 0 Å². The predicted octanol–water partition coefficient (Wildman–Crippen LogP) is 3.13. The van der Waals surface area contributed by atoms with Crippen LogP contribution in [0, 0.1) is 0 Å². The molecule has 1 aliphatic rings. The largest absolute Gasteiger partial charge is 0.385 e. The highest BCUT2D eigenvalue weighted by molar-refractivity contribution is 7.91. The SMILES string of the molecule is C[C@@H]1CN(c2ccc(NCCCCC(=O)NS(=O)(=O)C(C)(C)C)cc2)C[C@H](C)O1. The van der Waals surface area contributed by atoms with Crippen LogP contribution in [0.25, 0.3) is 0 Å². The number of amides is 1. The number of morpholine rings is 1. The standard InChI is InChI=1S/C21H35N3O4S/c1-16-14-24(15-17(2)28-16)19-11-9-18(10-12-19)22-13-7-6-8-20(25)23-29(26,27)21(3,4)5/h9-12,16-17,22H,6-8,13-15H2,1-5H3,(H,23,25)/t16-,17+. The summed E-state index contributed by atoms with van der Waals surface area (Å²) in [6.07, 6.45) is 2.06. The van der Waals surface area contributed by atoms with Gasteiger partial charge in [-0.25, -0.2) is 8.42 Å². The van der Waals surface area contributed by atoms with Crippen LogP contribution >= 0.6 is 0 Å². The lowest BCUT2D eigenvalue weighted by molar-refractivity contribution is -0.119. The molecule has 0 spiro atoms. The predicted molar refractivity (Wildman–Crippen MR) is 118 cm³/mol. The van der Waals surface area contributed by atoms with Crippen LogP contribution in [0.4, 0.5) is 11.4 Å². The highest BCUT2D eigenvalue weighted by Crippen LogP contribution is 2.22. The van der Waals surface area contributed by atoms with E-state index in [1.807, 2.05) is 0 Å². The van der Waals surface area contributed by atoms with Gasteiger partial charge in [0.25, 0.3) is 0 Å². The third-order valence-electron chi connectivity index (χ3n) is 4.87.